The molecule has 0 spiro atoms. The number of aromatic amines is 1. The molecule has 2 aromatic carbocycles. The van der Waals surface area contributed by atoms with Gasteiger partial charge in [-0.3, -0.25) is 9.59 Å². The number of fused-ring (bicyclic) bond motifs is 1. The Labute approximate surface area is 168 Å². The van der Waals surface area contributed by atoms with E-state index < -0.39 is 21.5 Å². The van der Waals surface area contributed by atoms with Gasteiger partial charge in [-0.25, -0.2) is 12.7 Å². The predicted molar refractivity (Wildman–Crippen MR) is 111 cm³/mol. The average molecular weight is 415 g/mol. The fourth-order valence-electron chi connectivity index (χ4n) is 2.85. The maximum atomic E-state index is 12.8. The van der Waals surface area contributed by atoms with E-state index in [1.54, 1.807) is 37.3 Å². The number of rotatable bonds is 6. The Morgan fingerprint density at radius 1 is 1.14 bits per heavy atom. The lowest BCUT2D eigenvalue weighted by Crippen LogP contribution is -2.23. The molecule has 0 fully saturated rings. The fraction of sp³-hybridized carbons (Fsp3) is 0.200. The van der Waals surface area contributed by atoms with Crippen LogP contribution in [0.15, 0.2) is 58.2 Å². The summed E-state index contributed by atoms with van der Waals surface area (Å²) >= 11 is 0. The molecule has 8 nitrogen and oxygen atoms in total. The number of carbonyl (C=O) groups is 1. The quantitative estimate of drug-likeness (QED) is 0.643. The van der Waals surface area contributed by atoms with Crippen LogP contribution in [-0.4, -0.2) is 44.3 Å². The van der Waals surface area contributed by atoms with Gasteiger partial charge in [-0.15, -0.1) is 0 Å². The fourth-order valence-corrected chi connectivity index (χ4v) is 3.90. The average Bonchev–Trinajstić information content (AvgIpc) is 2.68. The number of anilines is 1. The lowest BCUT2D eigenvalue weighted by Gasteiger charge is -2.17. The number of para-hydroxylation sites is 1. The van der Waals surface area contributed by atoms with Gasteiger partial charge in [0.05, 0.1) is 12.2 Å². The zero-order chi connectivity index (χ0) is 21.2. The second-order valence-electron chi connectivity index (χ2n) is 6.43. The van der Waals surface area contributed by atoms with Crippen LogP contribution >= 0.6 is 0 Å². The van der Waals surface area contributed by atoms with E-state index in [4.69, 9.17) is 4.74 Å². The molecule has 0 atom stereocenters. The minimum atomic E-state index is -3.79. The van der Waals surface area contributed by atoms with Crippen LogP contribution in [0.1, 0.15) is 17.3 Å². The Bertz CT molecular complexity index is 1230. The summed E-state index contributed by atoms with van der Waals surface area (Å²) in [6.45, 7) is 2.04. The number of pyridine rings is 1. The molecule has 3 aromatic rings. The van der Waals surface area contributed by atoms with Crippen LogP contribution in [0, 0.1) is 0 Å². The van der Waals surface area contributed by atoms with Crippen molar-refractivity contribution in [2.75, 3.05) is 26.0 Å². The van der Waals surface area contributed by atoms with Crippen molar-refractivity contribution in [1.82, 2.24) is 9.29 Å². The van der Waals surface area contributed by atoms with Crippen LogP contribution in [-0.2, 0) is 10.0 Å². The van der Waals surface area contributed by atoms with E-state index in [0.717, 1.165) is 4.31 Å². The number of aromatic nitrogens is 1. The van der Waals surface area contributed by atoms with Crippen LogP contribution < -0.4 is 15.6 Å². The molecule has 1 aromatic heterocycles. The molecule has 9 heteroatoms. The van der Waals surface area contributed by atoms with Gasteiger partial charge in [-0.05, 0) is 31.2 Å². The molecule has 0 aliphatic heterocycles. The summed E-state index contributed by atoms with van der Waals surface area (Å²) in [7, 11) is -0.961. The molecule has 0 aliphatic carbocycles. The Kier molecular flexibility index (Phi) is 5.71. The van der Waals surface area contributed by atoms with Gasteiger partial charge in [0.2, 0.25) is 15.6 Å². The van der Waals surface area contributed by atoms with Crippen molar-refractivity contribution in [3.8, 4) is 5.75 Å². The molecule has 0 unspecified atom stereocenters. The van der Waals surface area contributed by atoms with Gasteiger partial charge < -0.3 is 15.0 Å². The van der Waals surface area contributed by atoms with Crippen LogP contribution in [0.4, 0.5) is 5.69 Å². The van der Waals surface area contributed by atoms with E-state index >= 15 is 0 Å². The third-order valence-corrected chi connectivity index (χ3v) is 6.09. The molecule has 3 rings (SSSR count). The lowest BCUT2D eigenvalue weighted by molar-refractivity contribution is 0.102. The number of carbonyl (C=O) groups excluding carboxylic acids is 1. The minimum absolute atomic E-state index is 0.0575. The molecule has 0 bridgehead atoms. The van der Waals surface area contributed by atoms with Gasteiger partial charge in [-0.1, -0.05) is 18.2 Å². The van der Waals surface area contributed by atoms with Gasteiger partial charge in [0, 0.05) is 36.8 Å². The number of hydrogen-bond donors (Lipinski definition) is 2. The van der Waals surface area contributed by atoms with Gasteiger partial charge in [-0.2, -0.15) is 0 Å². The maximum absolute atomic E-state index is 12.8. The smallest absolute Gasteiger partial charge is 0.256 e. The van der Waals surface area contributed by atoms with E-state index in [1.807, 2.05) is 0 Å². The third kappa shape index (κ3) is 4.15. The van der Waals surface area contributed by atoms with Crippen molar-refractivity contribution in [2.24, 2.45) is 0 Å². The van der Waals surface area contributed by atoms with E-state index in [-0.39, 0.29) is 21.9 Å². The van der Waals surface area contributed by atoms with Crippen LogP contribution in [0.2, 0.25) is 0 Å². The predicted octanol–water partition coefficient (Wildman–Crippen LogP) is 2.43. The highest BCUT2D eigenvalue weighted by Gasteiger charge is 2.23. The highest BCUT2D eigenvalue weighted by molar-refractivity contribution is 7.89. The summed E-state index contributed by atoms with van der Waals surface area (Å²) in [5.74, 6) is -0.328. The molecule has 0 aliphatic rings. The molecule has 2 N–H and O–H groups in total. The lowest BCUT2D eigenvalue weighted by atomic mass is 10.1. The maximum Gasteiger partial charge on any atom is 0.256 e. The summed E-state index contributed by atoms with van der Waals surface area (Å²) in [4.78, 5) is 27.3. The van der Waals surface area contributed by atoms with E-state index in [0.29, 0.717) is 17.5 Å². The molecule has 29 heavy (non-hydrogen) atoms. The number of nitrogens with zero attached hydrogens (tertiary/aromatic N) is 1. The van der Waals surface area contributed by atoms with Crippen molar-refractivity contribution in [3.05, 3.63) is 64.4 Å². The SMILES string of the molecule is CCOc1ccc(NC(=O)c2cc(=O)[nH]c3ccccc23)cc1S(=O)(=O)N(C)C. The minimum Gasteiger partial charge on any atom is -0.492 e. The molecule has 1 heterocycles. The summed E-state index contributed by atoms with van der Waals surface area (Å²) in [6, 6.07) is 12.5. The molecule has 1 amide bonds. The van der Waals surface area contributed by atoms with Crippen LogP contribution in [0.3, 0.4) is 0 Å². The highest BCUT2D eigenvalue weighted by atomic mass is 32.2. The van der Waals surface area contributed by atoms with Crippen molar-refractivity contribution < 1.29 is 17.9 Å². The summed E-state index contributed by atoms with van der Waals surface area (Å²) < 4.78 is 31.8. The van der Waals surface area contributed by atoms with Gasteiger partial charge >= 0.3 is 0 Å². The van der Waals surface area contributed by atoms with Crippen molar-refractivity contribution in [1.29, 1.82) is 0 Å². The molecule has 0 saturated carbocycles. The summed E-state index contributed by atoms with van der Waals surface area (Å²) in [5.41, 5.74) is 0.586. The second kappa shape index (κ2) is 8.06. The first-order valence-electron chi connectivity index (χ1n) is 8.87. The van der Waals surface area contributed by atoms with Gasteiger partial charge in [0.15, 0.2) is 0 Å². The van der Waals surface area contributed by atoms with Crippen LogP contribution in [0.25, 0.3) is 10.9 Å². The number of H-pyrrole nitrogens is 1. The number of nitrogens with one attached hydrogen (secondary N) is 2. The number of sulfonamides is 1. The van der Waals surface area contributed by atoms with Crippen molar-refractivity contribution in [2.45, 2.75) is 11.8 Å². The Morgan fingerprint density at radius 2 is 1.86 bits per heavy atom. The standard InChI is InChI=1S/C20H21N3O5S/c1-4-28-17-10-9-13(11-18(17)29(26,27)23(2)3)21-20(25)15-12-19(24)22-16-8-6-5-7-14(15)16/h5-12H,4H2,1-3H3,(H,21,25)(H,22,24). The van der Waals surface area contributed by atoms with Crippen molar-refractivity contribution >= 4 is 32.5 Å². The van der Waals surface area contributed by atoms with E-state index in [9.17, 15) is 18.0 Å². The largest absolute Gasteiger partial charge is 0.492 e. The molecular weight excluding hydrogens is 394 g/mol. The van der Waals surface area contributed by atoms with Crippen LogP contribution in [0.5, 0.6) is 5.75 Å². The summed E-state index contributed by atoms with van der Waals surface area (Å²) in [6.07, 6.45) is 0. The van der Waals surface area contributed by atoms with Gasteiger partial charge in [0.25, 0.3) is 5.91 Å². The number of benzene rings is 2. The number of hydrogen-bond acceptors (Lipinski definition) is 5. The normalized spacial score (nSPS) is 11.6. The van der Waals surface area contributed by atoms with Gasteiger partial charge in [0.1, 0.15) is 10.6 Å². The molecular formula is C20H21N3O5S. The molecule has 152 valence electrons. The van der Waals surface area contributed by atoms with E-state index in [2.05, 4.69) is 10.3 Å². The zero-order valence-electron chi connectivity index (χ0n) is 16.2. The first kappa shape index (κ1) is 20.6. The van der Waals surface area contributed by atoms with Crippen molar-refractivity contribution in [3.63, 3.8) is 0 Å². The Morgan fingerprint density at radius 3 is 2.55 bits per heavy atom. The zero-order valence-corrected chi connectivity index (χ0v) is 17.0. The molecule has 0 saturated heterocycles. The highest BCUT2D eigenvalue weighted by Crippen LogP contribution is 2.29. The first-order chi connectivity index (χ1) is 13.7. The second-order valence-corrected chi connectivity index (χ2v) is 8.55. The number of amides is 1. The van der Waals surface area contributed by atoms with E-state index in [1.165, 1.54) is 32.3 Å². The first-order valence-corrected chi connectivity index (χ1v) is 10.3. The topological polar surface area (TPSA) is 109 Å². The Balaban J connectivity index is 2.03. The molecule has 0 radical (unpaired) electrons. The third-order valence-electron chi connectivity index (χ3n) is 4.26. The monoisotopic (exact) mass is 415 g/mol. The summed E-state index contributed by atoms with van der Waals surface area (Å²) in [5, 5.41) is 3.25. The number of ether oxygens (including phenoxy) is 1. The Hall–Kier alpha value is -3.17.